The van der Waals surface area contributed by atoms with Crippen LogP contribution in [0.1, 0.15) is 45.0 Å². The third kappa shape index (κ3) is 12.4. The largest absolute Gasteiger partial charge is 0.472 e. The Balaban J connectivity index is 0.000000175. The summed E-state index contributed by atoms with van der Waals surface area (Å²) >= 11 is 0. The second-order valence-electron chi connectivity index (χ2n) is 11.1. The summed E-state index contributed by atoms with van der Waals surface area (Å²) in [7, 11) is 0. The topological polar surface area (TPSA) is 110 Å². The van der Waals surface area contributed by atoms with Crippen molar-refractivity contribution in [3.8, 4) is 0 Å². The van der Waals surface area contributed by atoms with Gasteiger partial charge < -0.3 is 27.6 Å². The number of aromatic amines is 2. The van der Waals surface area contributed by atoms with Gasteiger partial charge in [-0.2, -0.15) is 0 Å². The fourth-order valence-corrected chi connectivity index (χ4v) is 4.27. The number of hydrogen-bond acceptors (Lipinski definition) is 6. The maximum absolute atomic E-state index is 4.71. The van der Waals surface area contributed by atoms with Crippen LogP contribution in [0.25, 0.3) is 46.4 Å². The molecule has 9 heterocycles. The van der Waals surface area contributed by atoms with Crippen LogP contribution >= 0.6 is 0 Å². The van der Waals surface area contributed by atoms with Crippen molar-refractivity contribution in [1.82, 2.24) is 19.9 Å². The van der Waals surface area contributed by atoms with Gasteiger partial charge in [-0.25, -0.2) is 9.97 Å². The molecular formula is C40H38CuN4O4. The van der Waals surface area contributed by atoms with Gasteiger partial charge in [-0.3, -0.25) is 0 Å². The second kappa shape index (κ2) is 18.5. The van der Waals surface area contributed by atoms with Crippen LogP contribution in [-0.2, 0) is 17.1 Å². The average molecular weight is 702 g/mol. The fraction of sp³-hybridized carbons (Fsp3) is 0.100. The Morgan fingerprint density at radius 2 is 0.673 bits per heavy atom. The van der Waals surface area contributed by atoms with Gasteiger partial charge in [0, 0.05) is 39.1 Å². The molecule has 0 atom stereocenters. The van der Waals surface area contributed by atoms with E-state index >= 15 is 0 Å². The van der Waals surface area contributed by atoms with E-state index in [2.05, 4.69) is 50.3 Å². The minimum atomic E-state index is 0. The van der Waals surface area contributed by atoms with Crippen LogP contribution in [0.15, 0.2) is 141 Å². The van der Waals surface area contributed by atoms with Gasteiger partial charge in [-0.15, -0.1) is 0 Å². The van der Waals surface area contributed by atoms with Gasteiger partial charge >= 0.3 is 0 Å². The number of hydrogen-bond donors (Lipinski definition) is 2. The molecule has 253 valence electrons. The Hall–Kier alpha value is -5.76. The van der Waals surface area contributed by atoms with Gasteiger partial charge in [-0.1, -0.05) is 0 Å². The van der Waals surface area contributed by atoms with Crippen LogP contribution in [0.3, 0.4) is 0 Å². The Bertz CT molecular complexity index is 1950. The maximum Gasteiger partial charge on any atom is 0.0931 e. The summed E-state index contributed by atoms with van der Waals surface area (Å²) in [4.78, 5) is 16.0. The monoisotopic (exact) mass is 701 g/mol. The van der Waals surface area contributed by atoms with Crippen LogP contribution in [0.4, 0.5) is 0 Å². The number of furan rings is 4. The molecule has 49 heavy (non-hydrogen) atoms. The molecule has 2 N–H and O–H groups in total. The molecule has 9 rings (SSSR count). The van der Waals surface area contributed by atoms with Crippen molar-refractivity contribution >= 4 is 46.4 Å². The first-order valence-electron chi connectivity index (χ1n) is 15.4. The van der Waals surface area contributed by atoms with Crippen LogP contribution in [0, 0.1) is 27.7 Å². The van der Waals surface area contributed by atoms with Crippen LogP contribution < -0.4 is 0 Å². The molecule has 8 bridgehead atoms. The zero-order valence-electron chi connectivity index (χ0n) is 27.7. The molecular weight excluding hydrogens is 664 g/mol. The van der Waals surface area contributed by atoms with Gasteiger partial charge in [0.25, 0.3) is 0 Å². The summed E-state index contributed by atoms with van der Waals surface area (Å²) in [6, 6.07) is 24.1. The normalized spacial score (nSPS) is 10.5. The van der Waals surface area contributed by atoms with Crippen LogP contribution in [-0.4, -0.2) is 19.9 Å². The third-order valence-corrected chi connectivity index (χ3v) is 6.70. The van der Waals surface area contributed by atoms with E-state index in [4.69, 9.17) is 17.7 Å². The Morgan fingerprint density at radius 3 is 0.918 bits per heavy atom. The smallest absolute Gasteiger partial charge is 0.0931 e. The first-order valence-corrected chi connectivity index (χ1v) is 15.4. The van der Waals surface area contributed by atoms with Crippen molar-refractivity contribution in [2.75, 3.05) is 0 Å². The van der Waals surface area contributed by atoms with Gasteiger partial charge in [0.1, 0.15) is 0 Å². The predicted molar refractivity (Wildman–Crippen MR) is 193 cm³/mol. The minimum absolute atomic E-state index is 0. The Morgan fingerprint density at radius 1 is 0.388 bits per heavy atom. The number of aromatic nitrogens is 4. The van der Waals surface area contributed by atoms with Crippen molar-refractivity contribution in [2.45, 2.75) is 27.7 Å². The third-order valence-electron chi connectivity index (χ3n) is 6.70. The van der Waals surface area contributed by atoms with E-state index in [0.29, 0.717) is 0 Å². The number of fused-ring (bicyclic) bond motifs is 8. The van der Waals surface area contributed by atoms with Crippen molar-refractivity contribution in [1.29, 1.82) is 0 Å². The number of rotatable bonds is 0. The van der Waals surface area contributed by atoms with E-state index in [1.54, 1.807) is 50.1 Å². The average Bonchev–Trinajstić information content (AvgIpc) is 3.89. The van der Waals surface area contributed by atoms with Crippen molar-refractivity contribution < 1.29 is 34.7 Å². The molecule has 8 nitrogen and oxygen atoms in total. The summed E-state index contributed by atoms with van der Waals surface area (Å²) in [5.41, 5.74) is 12.6. The summed E-state index contributed by atoms with van der Waals surface area (Å²) < 4.78 is 18.9. The number of aryl methyl sites for hydroxylation is 4. The molecule has 2 aliphatic rings. The number of nitrogens with one attached hydrogen (secondary N) is 2. The van der Waals surface area contributed by atoms with Gasteiger partial charge in [0.15, 0.2) is 0 Å². The van der Waals surface area contributed by atoms with Gasteiger partial charge in [-0.05, 0) is 147 Å². The summed E-state index contributed by atoms with van der Waals surface area (Å²) in [5, 5.41) is 0. The molecule has 7 aromatic rings. The molecule has 0 amide bonds. The fourth-order valence-electron chi connectivity index (χ4n) is 4.27. The van der Waals surface area contributed by atoms with E-state index in [9.17, 15) is 0 Å². The van der Waals surface area contributed by atoms with E-state index in [0.717, 1.165) is 44.8 Å². The van der Waals surface area contributed by atoms with E-state index in [-0.39, 0.29) is 17.1 Å². The molecule has 0 spiro atoms. The zero-order chi connectivity index (χ0) is 33.6. The Kier molecular flexibility index (Phi) is 13.7. The van der Waals surface area contributed by atoms with Crippen molar-refractivity contribution in [3.05, 3.63) is 168 Å². The quantitative estimate of drug-likeness (QED) is 0.152. The van der Waals surface area contributed by atoms with E-state index in [1.807, 2.05) is 94.5 Å². The van der Waals surface area contributed by atoms with Gasteiger partial charge in [0.2, 0.25) is 0 Å². The minimum Gasteiger partial charge on any atom is -0.472 e. The maximum atomic E-state index is 4.71. The van der Waals surface area contributed by atoms with Crippen molar-refractivity contribution in [2.24, 2.45) is 0 Å². The summed E-state index contributed by atoms with van der Waals surface area (Å²) in [5.74, 6) is 0. The van der Waals surface area contributed by atoms with E-state index < -0.39 is 0 Å². The Labute approximate surface area is 295 Å². The first kappa shape index (κ1) is 36.1. The molecule has 1 radical (unpaired) electrons. The molecule has 0 unspecified atom stereocenters. The predicted octanol–water partition coefficient (Wildman–Crippen LogP) is 11.0. The molecule has 9 heteroatoms. The molecule has 0 fully saturated rings. The molecule has 7 aromatic heterocycles. The molecule has 0 saturated heterocycles. The number of H-pyrrole nitrogens is 2. The van der Waals surface area contributed by atoms with Crippen LogP contribution in [0.2, 0.25) is 0 Å². The number of nitrogens with zero attached hydrogens (tertiary/aromatic N) is 2. The van der Waals surface area contributed by atoms with Gasteiger partial charge in [0.05, 0.1) is 72.9 Å². The molecule has 0 aliphatic carbocycles. The summed E-state index contributed by atoms with van der Waals surface area (Å²) in [6.45, 7) is 7.96. The second-order valence-corrected chi connectivity index (χ2v) is 11.1. The summed E-state index contributed by atoms with van der Waals surface area (Å²) in [6.07, 6.45) is 21.5. The molecule has 0 saturated carbocycles. The van der Waals surface area contributed by atoms with Crippen LogP contribution in [0.5, 0.6) is 0 Å². The first-order chi connectivity index (χ1) is 23.4. The standard InChI is InChI=1S/C20H14N4.4C5H6O.Cu/c1-2-14-10-16-5-6-18(23-16)12-20-8-7-19(24-20)11-17-4-3-15(22-17)9-13(1)21-14;4*1-5-2-3-6-4-5;/h1-12,21-22H;4*2-4H,1H3;. The molecule has 2 aliphatic heterocycles. The SMILES string of the molecule is C1=Cc2cc3ccc(cc4ccc(cc5nc(cc1n2)C=C5)[nH]4)[nH]3.Cc1ccoc1.Cc1ccoc1.Cc1ccoc1.Cc1ccoc1.[Cu]. The zero-order valence-corrected chi connectivity index (χ0v) is 28.6. The molecule has 0 aromatic carbocycles. The van der Waals surface area contributed by atoms with E-state index in [1.165, 1.54) is 22.3 Å². The van der Waals surface area contributed by atoms with Crippen molar-refractivity contribution in [3.63, 3.8) is 0 Å².